The lowest BCUT2D eigenvalue weighted by Gasteiger charge is -2.08. The first kappa shape index (κ1) is 12.0. The highest BCUT2D eigenvalue weighted by Gasteiger charge is 2.10. The lowest BCUT2D eigenvalue weighted by Crippen LogP contribution is -2.15. The van der Waals surface area contributed by atoms with Crippen LogP contribution in [0.4, 0.5) is 0 Å². The number of nitrogens with two attached hydrogens (primary N) is 1. The summed E-state index contributed by atoms with van der Waals surface area (Å²) in [4.78, 5) is 12.3. The van der Waals surface area contributed by atoms with Crippen molar-refractivity contribution in [1.82, 2.24) is 15.0 Å². The molecular weight excluding hydrogens is 254 g/mol. The summed E-state index contributed by atoms with van der Waals surface area (Å²) in [5.74, 6) is 0.519. The molecule has 6 heteroatoms. The van der Waals surface area contributed by atoms with Gasteiger partial charge >= 0.3 is 0 Å². The Hall–Kier alpha value is -3.02. The third-order valence-electron chi connectivity index (χ3n) is 2.70. The van der Waals surface area contributed by atoms with Crippen molar-refractivity contribution in [1.29, 1.82) is 5.41 Å². The summed E-state index contributed by atoms with van der Waals surface area (Å²) in [5, 5.41) is 8.41. The molecule has 0 amide bonds. The van der Waals surface area contributed by atoms with Gasteiger partial charge < -0.3 is 10.5 Å². The number of aromatic nitrogens is 3. The fraction of sp³-hybridized carbons (Fsp3) is 0. The van der Waals surface area contributed by atoms with Gasteiger partial charge in [-0.25, -0.2) is 9.97 Å². The van der Waals surface area contributed by atoms with Crippen molar-refractivity contribution in [3.05, 3.63) is 54.6 Å². The summed E-state index contributed by atoms with van der Waals surface area (Å²) in [5.41, 5.74) is 6.53. The van der Waals surface area contributed by atoms with E-state index >= 15 is 0 Å². The predicted octanol–water partition coefficient (Wildman–Crippen LogP) is 2.10. The zero-order chi connectivity index (χ0) is 13.9. The molecule has 98 valence electrons. The Balaban J connectivity index is 1.99. The molecule has 3 aromatic rings. The first-order valence-electron chi connectivity index (χ1n) is 5.92. The third kappa shape index (κ3) is 2.26. The van der Waals surface area contributed by atoms with E-state index in [1.165, 1.54) is 12.4 Å². The van der Waals surface area contributed by atoms with E-state index in [4.69, 9.17) is 15.9 Å². The highest BCUT2D eigenvalue weighted by Crippen LogP contribution is 2.23. The number of nitrogen functional groups attached to an aromatic ring is 1. The van der Waals surface area contributed by atoms with E-state index in [0.717, 1.165) is 10.9 Å². The maximum atomic E-state index is 7.45. The molecule has 3 N–H and O–H groups in total. The van der Waals surface area contributed by atoms with Gasteiger partial charge in [-0.3, -0.25) is 10.4 Å². The number of amidine groups is 1. The van der Waals surface area contributed by atoms with Crippen molar-refractivity contribution in [2.45, 2.75) is 0 Å². The Kier molecular flexibility index (Phi) is 2.96. The molecule has 0 aliphatic carbocycles. The highest BCUT2D eigenvalue weighted by atomic mass is 16.5. The molecule has 0 bridgehead atoms. The van der Waals surface area contributed by atoms with Gasteiger partial charge in [0.1, 0.15) is 11.6 Å². The van der Waals surface area contributed by atoms with E-state index in [-0.39, 0.29) is 17.4 Å². The van der Waals surface area contributed by atoms with Crippen LogP contribution < -0.4 is 10.5 Å². The molecule has 0 unspecified atom stereocenters. The molecule has 0 fully saturated rings. The number of pyridine rings is 1. The Morgan fingerprint density at radius 2 is 1.90 bits per heavy atom. The molecule has 2 aromatic heterocycles. The number of ether oxygens (including phenoxy) is 1. The summed E-state index contributed by atoms with van der Waals surface area (Å²) in [6.07, 6.45) is 4.54. The Bertz CT molecular complexity index is 787. The second-order valence-corrected chi connectivity index (χ2v) is 4.09. The normalized spacial score (nSPS) is 10.4. The van der Waals surface area contributed by atoms with Crippen LogP contribution in [-0.2, 0) is 0 Å². The minimum Gasteiger partial charge on any atom is -0.435 e. The average molecular weight is 265 g/mol. The van der Waals surface area contributed by atoms with E-state index in [9.17, 15) is 0 Å². The Labute approximate surface area is 114 Å². The lowest BCUT2D eigenvalue weighted by atomic mass is 10.2. The molecule has 0 atom stereocenters. The minimum absolute atomic E-state index is 0.192. The monoisotopic (exact) mass is 265 g/mol. The van der Waals surface area contributed by atoms with Crippen LogP contribution in [0.25, 0.3) is 10.9 Å². The minimum atomic E-state index is -0.193. The zero-order valence-corrected chi connectivity index (χ0v) is 10.4. The van der Waals surface area contributed by atoms with Gasteiger partial charge in [-0.05, 0) is 12.1 Å². The summed E-state index contributed by atoms with van der Waals surface area (Å²) >= 11 is 0. The van der Waals surface area contributed by atoms with Crippen LogP contribution in [0.5, 0.6) is 11.6 Å². The lowest BCUT2D eigenvalue weighted by molar-refractivity contribution is 0.457. The van der Waals surface area contributed by atoms with Crippen LogP contribution in [0, 0.1) is 5.41 Å². The molecular formula is C14H11N5O. The van der Waals surface area contributed by atoms with Crippen molar-refractivity contribution in [3.63, 3.8) is 0 Å². The molecule has 0 saturated carbocycles. The topological polar surface area (TPSA) is 97.8 Å². The standard InChI is InChI=1S/C14H11N5O/c15-13(16)12-14(18-6-5-17-12)20-10-7-9-3-1-2-4-11(9)19-8-10/h1-8H,(H3,15,16). The molecule has 0 aliphatic rings. The van der Waals surface area contributed by atoms with Gasteiger partial charge in [0.05, 0.1) is 11.7 Å². The van der Waals surface area contributed by atoms with Gasteiger partial charge in [0.2, 0.25) is 5.88 Å². The van der Waals surface area contributed by atoms with Gasteiger partial charge in [0.15, 0.2) is 5.69 Å². The SMILES string of the molecule is N=C(N)c1nccnc1Oc1cnc2ccccc2c1. The molecule has 0 aliphatic heterocycles. The van der Waals surface area contributed by atoms with Crippen molar-refractivity contribution < 1.29 is 4.74 Å². The number of rotatable bonds is 3. The van der Waals surface area contributed by atoms with Gasteiger partial charge in [-0.15, -0.1) is 0 Å². The first-order chi connectivity index (χ1) is 9.74. The van der Waals surface area contributed by atoms with Gasteiger partial charge in [-0.2, -0.15) is 0 Å². The van der Waals surface area contributed by atoms with Crippen LogP contribution in [0.3, 0.4) is 0 Å². The quantitative estimate of drug-likeness (QED) is 0.558. The number of para-hydroxylation sites is 1. The molecule has 0 spiro atoms. The molecule has 20 heavy (non-hydrogen) atoms. The van der Waals surface area contributed by atoms with Crippen molar-refractivity contribution in [2.75, 3.05) is 0 Å². The summed E-state index contributed by atoms with van der Waals surface area (Å²) in [6, 6.07) is 9.56. The van der Waals surface area contributed by atoms with E-state index in [1.54, 1.807) is 6.20 Å². The maximum absolute atomic E-state index is 7.45. The molecule has 0 saturated heterocycles. The molecule has 2 heterocycles. The predicted molar refractivity (Wildman–Crippen MR) is 74.9 cm³/mol. The first-order valence-corrected chi connectivity index (χ1v) is 5.92. The van der Waals surface area contributed by atoms with Crippen molar-refractivity contribution >= 4 is 16.7 Å². The largest absolute Gasteiger partial charge is 0.435 e. The number of fused-ring (bicyclic) bond motifs is 1. The fourth-order valence-electron chi connectivity index (χ4n) is 1.80. The van der Waals surface area contributed by atoms with E-state index in [2.05, 4.69) is 15.0 Å². The maximum Gasteiger partial charge on any atom is 0.249 e. The van der Waals surface area contributed by atoms with E-state index < -0.39 is 0 Å². The summed E-state index contributed by atoms with van der Waals surface area (Å²) in [6.45, 7) is 0. The molecule has 1 aromatic carbocycles. The summed E-state index contributed by atoms with van der Waals surface area (Å²) < 4.78 is 5.62. The number of hydrogen-bond acceptors (Lipinski definition) is 5. The van der Waals surface area contributed by atoms with Gasteiger partial charge in [0.25, 0.3) is 0 Å². The molecule has 0 radical (unpaired) electrons. The number of nitrogens with zero attached hydrogens (tertiary/aromatic N) is 3. The van der Waals surface area contributed by atoms with Crippen LogP contribution >= 0.6 is 0 Å². The van der Waals surface area contributed by atoms with Gasteiger partial charge in [-0.1, -0.05) is 18.2 Å². The molecule has 3 rings (SSSR count). The second kappa shape index (κ2) is 4.93. The van der Waals surface area contributed by atoms with E-state index in [0.29, 0.717) is 5.75 Å². The van der Waals surface area contributed by atoms with Crippen molar-refractivity contribution in [3.8, 4) is 11.6 Å². The number of nitrogens with one attached hydrogen (secondary N) is 1. The molecule has 6 nitrogen and oxygen atoms in total. The van der Waals surface area contributed by atoms with Crippen molar-refractivity contribution in [2.24, 2.45) is 5.73 Å². The second-order valence-electron chi connectivity index (χ2n) is 4.09. The van der Waals surface area contributed by atoms with E-state index in [1.807, 2.05) is 30.3 Å². The van der Waals surface area contributed by atoms with Crippen LogP contribution in [-0.4, -0.2) is 20.8 Å². The highest BCUT2D eigenvalue weighted by molar-refractivity contribution is 5.95. The average Bonchev–Trinajstić information content (AvgIpc) is 2.47. The number of hydrogen-bond donors (Lipinski definition) is 2. The third-order valence-corrected chi connectivity index (χ3v) is 2.70. The van der Waals surface area contributed by atoms with Crippen LogP contribution in [0.15, 0.2) is 48.9 Å². The summed E-state index contributed by atoms with van der Waals surface area (Å²) in [7, 11) is 0. The van der Waals surface area contributed by atoms with Crippen LogP contribution in [0.1, 0.15) is 5.69 Å². The smallest absolute Gasteiger partial charge is 0.249 e. The van der Waals surface area contributed by atoms with Crippen LogP contribution in [0.2, 0.25) is 0 Å². The van der Waals surface area contributed by atoms with Gasteiger partial charge in [0, 0.05) is 17.8 Å². The fourth-order valence-corrected chi connectivity index (χ4v) is 1.80. The Morgan fingerprint density at radius 1 is 1.10 bits per heavy atom. The number of benzene rings is 1. The Morgan fingerprint density at radius 3 is 2.75 bits per heavy atom. The zero-order valence-electron chi connectivity index (χ0n) is 10.4.